The van der Waals surface area contributed by atoms with Gasteiger partial charge in [0.2, 0.25) is 0 Å². The first-order valence-corrected chi connectivity index (χ1v) is 6.42. The van der Waals surface area contributed by atoms with Crippen LogP contribution in [0.25, 0.3) is 6.08 Å². The van der Waals surface area contributed by atoms with Crippen molar-refractivity contribution in [2.45, 2.75) is 5.88 Å². The molecule has 0 saturated carbocycles. The van der Waals surface area contributed by atoms with Crippen molar-refractivity contribution >= 4 is 23.6 Å². The van der Waals surface area contributed by atoms with Gasteiger partial charge in [0.05, 0.1) is 5.88 Å². The summed E-state index contributed by atoms with van der Waals surface area (Å²) < 4.78 is 5.25. The Morgan fingerprint density at radius 3 is 2.47 bits per heavy atom. The first-order chi connectivity index (χ1) is 9.29. The van der Waals surface area contributed by atoms with Crippen molar-refractivity contribution in [3.05, 3.63) is 71.8 Å². The minimum absolute atomic E-state index is 0.311. The van der Waals surface area contributed by atoms with E-state index in [2.05, 4.69) is 0 Å². The molecule has 0 radical (unpaired) electrons. The standard InChI is InChI=1S/C16H13ClO2/c17-12-14-8-4-5-9-15(14)19-16(18)11-10-13-6-2-1-3-7-13/h1-11H,12H2/b11-10+. The first kappa shape index (κ1) is 13.4. The van der Waals surface area contributed by atoms with Crippen LogP contribution in [0, 0.1) is 0 Å². The fraction of sp³-hybridized carbons (Fsp3) is 0.0625. The predicted octanol–water partition coefficient (Wildman–Crippen LogP) is 4.04. The van der Waals surface area contributed by atoms with Gasteiger partial charge in [-0.05, 0) is 17.7 Å². The van der Waals surface area contributed by atoms with Crippen LogP contribution in [0.4, 0.5) is 0 Å². The van der Waals surface area contributed by atoms with Crippen LogP contribution in [0.5, 0.6) is 5.75 Å². The summed E-state index contributed by atoms with van der Waals surface area (Å²) in [5, 5.41) is 0. The Morgan fingerprint density at radius 2 is 1.74 bits per heavy atom. The molecule has 0 heterocycles. The zero-order valence-corrected chi connectivity index (χ0v) is 11.0. The summed E-state index contributed by atoms with van der Waals surface area (Å²) in [6, 6.07) is 16.8. The number of esters is 1. The molecule has 0 aliphatic heterocycles. The number of halogens is 1. The minimum atomic E-state index is -0.415. The van der Waals surface area contributed by atoms with E-state index in [0.717, 1.165) is 11.1 Å². The van der Waals surface area contributed by atoms with Crippen molar-refractivity contribution in [3.8, 4) is 5.75 Å². The SMILES string of the molecule is O=C(/C=C/c1ccccc1)Oc1ccccc1CCl. The lowest BCUT2D eigenvalue weighted by Gasteiger charge is -2.05. The van der Waals surface area contributed by atoms with Gasteiger partial charge in [0.1, 0.15) is 5.75 Å². The fourth-order valence-corrected chi connectivity index (χ4v) is 1.81. The van der Waals surface area contributed by atoms with Crippen LogP contribution in [-0.4, -0.2) is 5.97 Å². The average molecular weight is 273 g/mol. The molecule has 0 aromatic heterocycles. The van der Waals surface area contributed by atoms with Gasteiger partial charge in [-0.1, -0.05) is 48.5 Å². The van der Waals surface area contributed by atoms with Crippen molar-refractivity contribution < 1.29 is 9.53 Å². The van der Waals surface area contributed by atoms with Gasteiger partial charge in [-0.25, -0.2) is 4.79 Å². The number of hydrogen-bond donors (Lipinski definition) is 0. The highest BCUT2D eigenvalue weighted by atomic mass is 35.5. The van der Waals surface area contributed by atoms with E-state index in [9.17, 15) is 4.79 Å². The number of rotatable bonds is 4. The number of carbonyl (C=O) groups excluding carboxylic acids is 1. The largest absolute Gasteiger partial charge is 0.423 e. The average Bonchev–Trinajstić information content (AvgIpc) is 2.47. The molecule has 3 heteroatoms. The summed E-state index contributed by atoms with van der Waals surface area (Å²) in [7, 11) is 0. The number of benzene rings is 2. The van der Waals surface area contributed by atoms with E-state index in [1.165, 1.54) is 6.08 Å². The molecule has 0 aliphatic carbocycles. The number of hydrogen-bond acceptors (Lipinski definition) is 2. The second-order valence-corrected chi connectivity index (χ2v) is 4.17. The van der Waals surface area contributed by atoms with E-state index < -0.39 is 5.97 Å². The van der Waals surface area contributed by atoms with Crippen LogP contribution < -0.4 is 4.74 Å². The molecule has 2 nitrogen and oxygen atoms in total. The Balaban J connectivity index is 2.04. The Bertz CT molecular complexity index is 576. The zero-order valence-electron chi connectivity index (χ0n) is 10.3. The van der Waals surface area contributed by atoms with E-state index >= 15 is 0 Å². The summed E-state index contributed by atoms with van der Waals surface area (Å²) in [6.07, 6.45) is 3.12. The van der Waals surface area contributed by atoms with Gasteiger partial charge in [0.25, 0.3) is 0 Å². The maximum absolute atomic E-state index is 11.7. The molecule has 0 amide bonds. The van der Waals surface area contributed by atoms with Gasteiger partial charge in [-0.15, -0.1) is 11.6 Å². The quantitative estimate of drug-likeness (QED) is 0.363. The second-order valence-electron chi connectivity index (χ2n) is 3.91. The molecule has 0 bridgehead atoms. The minimum Gasteiger partial charge on any atom is -0.423 e. The molecule has 0 N–H and O–H groups in total. The highest BCUT2D eigenvalue weighted by Crippen LogP contribution is 2.20. The van der Waals surface area contributed by atoms with Crippen LogP contribution in [0.3, 0.4) is 0 Å². The topological polar surface area (TPSA) is 26.3 Å². The van der Waals surface area contributed by atoms with Crippen molar-refractivity contribution in [2.24, 2.45) is 0 Å². The van der Waals surface area contributed by atoms with Gasteiger partial charge in [0, 0.05) is 11.6 Å². The van der Waals surface area contributed by atoms with Gasteiger partial charge < -0.3 is 4.74 Å². The van der Waals surface area contributed by atoms with Gasteiger partial charge in [-0.2, -0.15) is 0 Å². The fourth-order valence-electron chi connectivity index (χ4n) is 1.58. The smallest absolute Gasteiger partial charge is 0.336 e. The van der Waals surface area contributed by atoms with Gasteiger partial charge in [0.15, 0.2) is 0 Å². The van der Waals surface area contributed by atoms with E-state index in [1.54, 1.807) is 18.2 Å². The molecule has 0 fully saturated rings. The van der Waals surface area contributed by atoms with Crippen LogP contribution in [0.15, 0.2) is 60.7 Å². The third kappa shape index (κ3) is 3.97. The number of ether oxygens (including phenoxy) is 1. The zero-order chi connectivity index (χ0) is 13.5. The van der Waals surface area contributed by atoms with Gasteiger partial charge in [-0.3, -0.25) is 0 Å². The highest BCUT2D eigenvalue weighted by Gasteiger charge is 2.05. The maximum Gasteiger partial charge on any atom is 0.336 e. The molecule has 0 unspecified atom stereocenters. The van der Waals surface area contributed by atoms with Crippen LogP contribution in [-0.2, 0) is 10.7 Å². The predicted molar refractivity (Wildman–Crippen MR) is 77.1 cm³/mol. The summed E-state index contributed by atoms with van der Waals surface area (Å²) in [6.45, 7) is 0. The lowest BCUT2D eigenvalue weighted by Crippen LogP contribution is -2.05. The Kier molecular flexibility index (Phi) is 4.76. The van der Waals surface area contributed by atoms with Crippen LogP contribution in [0.1, 0.15) is 11.1 Å². The van der Waals surface area contributed by atoms with Gasteiger partial charge >= 0.3 is 5.97 Å². The van der Waals surface area contributed by atoms with E-state index in [1.807, 2.05) is 42.5 Å². The third-order valence-corrected chi connectivity index (χ3v) is 2.83. The Labute approximate surface area is 117 Å². The van der Waals surface area contributed by atoms with E-state index in [4.69, 9.17) is 16.3 Å². The molecule has 0 spiro atoms. The highest BCUT2D eigenvalue weighted by molar-refractivity contribution is 6.17. The Hall–Kier alpha value is -2.06. The van der Waals surface area contributed by atoms with Crippen LogP contribution in [0.2, 0.25) is 0 Å². The molecule has 2 aromatic rings. The van der Waals surface area contributed by atoms with Crippen molar-refractivity contribution in [1.29, 1.82) is 0 Å². The summed E-state index contributed by atoms with van der Waals surface area (Å²) in [4.78, 5) is 11.7. The molecule has 2 rings (SSSR count). The first-order valence-electron chi connectivity index (χ1n) is 5.88. The third-order valence-electron chi connectivity index (χ3n) is 2.54. The second kappa shape index (κ2) is 6.76. The Morgan fingerprint density at radius 1 is 1.05 bits per heavy atom. The van der Waals surface area contributed by atoms with Crippen molar-refractivity contribution in [1.82, 2.24) is 0 Å². The summed E-state index contributed by atoms with van der Waals surface area (Å²) in [5.41, 5.74) is 1.75. The van der Waals surface area contributed by atoms with Crippen LogP contribution >= 0.6 is 11.6 Å². The molecular formula is C16H13ClO2. The molecule has 96 valence electrons. The maximum atomic E-state index is 11.7. The normalized spacial score (nSPS) is 10.6. The lowest BCUT2D eigenvalue weighted by atomic mass is 10.2. The van der Waals surface area contributed by atoms with Crippen molar-refractivity contribution in [3.63, 3.8) is 0 Å². The van der Waals surface area contributed by atoms with Crippen molar-refractivity contribution in [2.75, 3.05) is 0 Å². The van der Waals surface area contributed by atoms with E-state index in [0.29, 0.717) is 11.6 Å². The van der Waals surface area contributed by atoms with E-state index in [-0.39, 0.29) is 0 Å². The molecule has 0 atom stereocenters. The molecule has 19 heavy (non-hydrogen) atoms. The molecule has 0 aliphatic rings. The summed E-state index contributed by atoms with van der Waals surface area (Å²) in [5.74, 6) is 0.396. The molecular weight excluding hydrogens is 260 g/mol. The molecule has 2 aromatic carbocycles. The number of para-hydroxylation sites is 1. The monoisotopic (exact) mass is 272 g/mol. The molecule has 0 saturated heterocycles. The summed E-state index contributed by atoms with van der Waals surface area (Å²) >= 11 is 5.78. The number of carbonyl (C=O) groups is 1. The number of alkyl halides is 1. The lowest BCUT2D eigenvalue weighted by molar-refractivity contribution is -0.128.